The van der Waals surface area contributed by atoms with Crippen LogP contribution in [-0.4, -0.2) is 11.0 Å². The molecule has 2 nitrogen and oxygen atoms in total. The number of hydrogen-bond acceptors (Lipinski definition) is 2. The van der Waals surface area contributed by atoms with Gasteiger partial charge in [0.05, 0.1) is 11.2 Å². The average molecular weight is 249 g/mol. The third-order valence-corrected chi connectivity index (χ3v) is 3.23. The summed E-state index contributed by atoms with van der Waals surface area (Å²) < 4.78 is 0. The highest BCUT2D eigenvalue weighted by Gasteiger charge is 2.08. The highest BCUT2D eigenvalue weighted by Crippen LogP contribution is 2.27. The van der Waals surface area contributed by atoms with Crippen LogP contribution in [0.15, 0.2) is 30.5 Å². The van der Waals surface area contributed by atoms with Gasteiger partial charge in [0.1, 0.15) is 0 Å². The van der Waals surface area contributed by atoms with E-state index < -0.39 is 0 Å². The second-order valence-corrected chi connectivity index (χ2v) is 4.62. The molecule has 2 aromatic rings. The number of pyridine rings is 1. The Morgan fingerprint density at radius 1 is 1.29 bits per heavy atom. The summed E-state index contributed by atoms with van der Waals surface area (Å²) in [6, 6.07) is 8.34. The number of benzene rings is 1. The molecule has 0 unspecified atom stereocenters. The molecular formula is C14H17ClN2. The first-order valence-electron chi connectivity index (χ1n) is 6.05. The predicted octanol–water partition coefficient (Wildman–Crippen LogP) is 4.49. The van der Waals surface area contributed by atoms with Crippen LogP contribution in [0, 0.1) is 0 Å². The second kappa shape index (κ2) is 5.37. The quantitative estimate of drug-likeness (QED) is 0.862. The molecule has 0 bridgehead atoms. The van der Waals surface area contributed by atoms with Crippen molar-refractivity contribution in [2.45, 2.75) is 32.7 Å². The molecule has 0 saturated carbocycles. The summed E-state index contributed by atoms with van der Waals surface area (Å²) in [7, 11) is 0. The van der Waals surface area contributed by atoms with E-state index in [0.29, 0.717) is 6.04 Å². The topological polar surface area (TPSA) is 24.9 Å². The molecule has 3 heteroatoms. The van der Waals surface area contributed by atoms with Crippen LogP contribution in [0.25, 0.3) is 10.9 Å². The van der Waals surface area contributed by atoms with Crippen LogP contribution < -0.4 is 5.32 Å². The Hall–Kier alpha value is -1.28. The SMILES string of the molecule is CCC(CC)Nc1cc(Cl)cc2cccnc12. The summed E-state index contributed by atoms with van der Waals surface area (Å²) >= 11 is 6.13. The van der Waals surface area contributed by atoms with Gasteiger partial charge < -0.3 is 5.32 Å². The van der Waals surface area contributed by atoms with Gasteiger partial charge >= 0.3 is 0 Å². The normalized spacial score (nSPS) is 11.1. The maximum absolute atomic E-state index is 6.13. The lowest BCUT2D eigenvalue weighted by atomic mass is 10.1. The minimum atomic E-state index is 0.471. The van der Waals surface area contributed by atoms with Crippen molar-refractivity contribution in [2.75, 3.05) is 5.32 Å². The number of hydrogen-bond donors (Lipinski definition) is 1. The van der Waals surface area contributed by atoms with Crippen LogP contribution in [-0.2, 0) is 0 Å². The molecule has 0 aliphatic heterocycles. The van der Waals surface area contributed by atoms with E-state index in [-0.39, 0.29) is 0 Å². The first kappa shape index (κ1) is 12.2. The number of rotatable bonds is 4. The fourth-order valence-electron chi connectivity index (χ4n) is 1.98. The Morgan fingerprint density at radius 2 is 2.06 bits per heavy atom. The minimum absolute atomic E-state index is 0.471. The van der Waals surface area contributed by atoms with Gasteiger partial charge in [0, 0.05) is 22.6 Å². The molecule has 0 atom stereocenters. The molecule has 0 spiro atoms. The lowest BCUT2D eigenvalue weighted by molar-refractivity contribution is 0.672. The van der Waals surface area contributed by atoms with E-state index in [2.05, 4.69) is 24.1 Å². The fourth-order valence-corrected chi connectivity index (χ4v) is 2.21. The maximum atomic E-state index is 6.13. The van der Waals surface area contributed by atoms with Crippen LogP contribution in [0.1, 0.15) is 26.7 Å². The van der Waals surface area contributed by atoms with Gasteiger partial charge in [-0.1, -0.05) is 31.5 Å². The second-order valence-electron chi connectivity index (χ2n) is 4.19. The van der Waals surface area contributed by atoms with Gasteiger partial charge in [0.25, 0.3) is 0 Å². The monoisotopic (exact) mass is 248 g/mol. The Bertz CT molecular complexity index is 507. The van der Waals surface area contributed by atoms with Gasteiger partial charge in [-0.05, 0) is 31.0 Å². The van der Waals surface area contributed by atoms with E-state index in [1.165, 1.54) is 0 Å². The zero-order chi connectivity index (χ0) is 12.3. The number of aromatic nitrogens is 1. The molecule has 0 fully saturated rings. The molecule has 2 rings (SSSR count). The number of nitrogens with zero attached hydrogens (tertiary/aromatic N) is 1. The Labute approximate surface area is 107 Å². The fraction of sp³-hybridized carbons (Fsp3) is 0.357. The van der Waals surface area contributed by atoms with E-state index >= 15 is 0 Å². The van der Waals surface area contributed by atoms with E-state index in [9.17, 15) is 0 Å². The summed E-state index contributed by atoms with van der Waals surface area (Å²) in [5.41, 5.74) is 2.02. The Kier molecular flexibility index (Phi) is 3.85. The van der Waals surface area contributed by atoms with Crippen molar-refractivity contribution >= 4 is 28.2 Å². The van der Waals surface area contributed by atoms with E-state index in [1.54, 1.807) is 0 Å². The van der Waals surface area contributed by atoms with Crippen molar-refractivity contribution in [3.8, 4) is 0 Å². The van der Waals surface area contributed by atoms with Crippen molar-refractivity contribution in [1.82, 2.24) is 4.98 Å². The predicted molar refractivity (Wildman–Crippen MR) is 74.7 cm³/mol. The molecule has 1 aromatic carbocycles. The van der Waals surface area contributed by atoms with Crippen LogP contribution in [0.3, 0.4) is 0 Å². The van der Waals surface area contributed by atoms with E-state index in [0.717, 1.165) is 34.5 Å². The van der Waals surface area contributed by atoms with Crippen LogP contribution in [0.4, 0.5) is 5.69 Å². The van der Waals surface area contributed by atoms with Gasteiger partial charge in [0.2, 0.25) is 0 Å². The summed E-state index contributed by atoms with van der Waals surface area (Å²) in [5.74, 6) is 0. The van der Waals surface area contributed by atoms with Crippen LogP contribution >= 0.6 is 11.6 Å². The third-order valence-electron chi connectivity index (χ3n) is 3.01. The largest absolute Gasteiger partial charge is 0.381 e. The van der Waals surface area contributed by atoms with Gasteiger partial charge in [-0.15, -0.1) is 0 Å². The lowest BCUT2D eigenvalue weighted by Crippen LogP contribution is -2.17. The van der Waals surface area contributed by atoms with Gasteiger partial charge in [-0.2, -0.15) is 0 Å². The summed E-state index contributed by atoms with van der Waals surface area (Å²) in [5, 5.41) is 5.34. The lowest BCUT2D eigenvalue weighted by Gasteiger charge is -2.17. The molecule has 0 saturated heterocycles. The average Bonchev–Trinajstić information content (AvgIpc) is 2.35. The highest BCUT2D eigenvalue weighted by molar-refractivity contribution is 6.31. The third kappa shape index (κ3) is 2.70. The van der Waals surface area contributed by atoms with Crippen molar-refractivity contribution in [3.05, 3.63) is 35.5 Å². The number of anilines is 1. The first-order valence-corrected chi connectivity index (χ1v) is 6.43. The van der Waals surface area contributed by atoms with Gasteiger partial charge in [-0.3, -0.25) is 4.98 Å². The van der Waals surface area contributed by atoms with E-state index in [1.807, 2.05) is 30.5 Å². The molecule has 90 valence electrons. The minimum Gasteiger partial charge on any atom is -0.381 e. The van der Waals surface area contributed by atoms with Crippen LogP contribution in [0.2, 0.25) is 5.02 Å². The Morgan fingerprint density at radius 3 is 2.76 bits per heavy atom. The molecule has 0 aliphatic rings. The Balaban J connectivity index is 2.44. The smallest absolute Gasteiger partial charge is 0.0934 e. The molecule has 17 heavy (non-hydrogen) atoms. The van der Waals surface area contributed by atoms with Crippen molar-refractivity contribution in [1.29, 1.82) is 0 Å². The van der Waals surface area contributed by atoms with Gasteiger partial charge in [0.15, 0.2) is 0 Å². The zero-order valence-corrected chi connectivity index (χ0v) is 11.0. The van der Waals surface area contributed by atoms with Crippen molar-refractivity contribution in [2.24, 2.45) is 0 Å². The molecule has 1 heterocycles. The van der Waals surface area contributed by atoms with E-state index in [4.69, 9.17) is 11.6 Å². The van der Waals surface area contributed by atoms with Crippen molar-refractivity contribution in [3.63, 3.8) is 0 Å². The summed E-state index contributed by atoms with van der Waals surface area (Å²) in [6.07, 6.45) is 4.00. The summed E-state index contributed by atoms with van der Waals surface area (Å²) in [6.45, 7) is 4.36. The van der Waals surface area contributed by atoms with Crippen molar-refractivity contribution < 1.29 is 0 Å². The summed E-state index contributed by atoms with van der Waals surface area (Å²) in [4.78, 5) is 4.42. The zero-order valence-electron chi connectivity index (χ0n) is 10.2. The molecule has 0 amide bonds. The molecule has 1 aromatic heterocycles. The highest BCUT2D eigenvalue weighted by atomic mass is 35.5. The molecular weight excluding hydrogens is 232 g/mol. The standard InChI is InChI=1S/C14H17ClN2/c1-3-12(4-2)17-13-9-11(15)8-10-6-5-7-16-14(10)13/h5-9,12,17H,3-4H2,1-2H3. The number of halogens is 1. The number of nitrogens with one attached hydrogen (secondary N) is 1. The van der Waals surface area contributed by atoms with Crippen LogP contribution in [0.5, 0.6) is 0 Å². The van der Waals surface area contributed by atoms with Gasteiger partial charge in [-0.25, -0.2) is 0 Å². The molecule has 0 aliphatic carbocycles. The molecule has 1 N–H and O–H groups in total. The first-order chi connectivity index (χ1) is 8.24. The maximum Gasteiger partial charge on any atom is 0.0934 e. The molecule has 0 radical (unpaired) electrons. The number of fused-ring (bicyclic) bond motifs is 1.